The molecule has 214 valence electrons. The molecular weight excluding hydrogens is 554 g/mol. The van der Waals surface area contributed by atoms with Crippen LogP contribution in [-0.4, -0.2) is 58.5 Å². The SMILES string of the molecule is CCCNC(=O)[C@@H](C)N(Cc1ccc(OC)cc1)C(=O)CN(c1ccc(OC)c(Cl)c1)S(=O)(=O)c1ccccc1. The predicted molar refractivity (Wildman–Crippen MR) is 155 cm³/mol. The summed E-state index contributed by atoms with van der Waals surface area (Å²) in [5.41, 5.74) is 0.921. The minimum atomic E-state index is -4.19. The second-order valence-corrected chi connectivity index (χ2v) is 11.2. The van der Waals surface area contributed by atoms with Crippen molar-refractivity contribution in [3.63, 3.8) is 0 Å². The summed E-state index contributed by atoms with van der Waals surface area (Å²) in [5, 5.41) is 3.00. The summed E-state index contributed by atoms with van der Waals surface area (Å²) in [6, 6.07) is 18.5. The lowest BCUT2D eigenvalue weighted by Gasteiger charge is -2.32. The monoisotopic (exact) mass is 587 g/mol. The molecular formula is C29H34ClN3O6S. The lowest BCUT2D eigenvalue weighted by Crippen LogP contribution is -2.51. The summed E-state index contributed by atoms with van der Waals surface area (Å²) in [6.07, 6.45) is 0.728. The third-order valence-electron chi connectivity index (χ3n) is 6.26. The quantitative estimate of drug-likeness (QED) is 0.316. The van der Waals surface area contributed by atoms with Crippen LogP contribution in [0.25, 0.3) is 0 Å². The lowest BCUT2D eigenvalue weighted by molar-refractivity contribution is -0.139. The fraction of sp³-hybridized carbons (Fsp3) is 0.310. The van der Waals surface area contributed by atoms with Crippen LogP contribution < -0.4 is 19.1 Å². The summed E-state index contributed by atoms with van der Waals surface area (Å²) in [7, 11) is -1.19. The first-order valence-corrected chi connectivity index (χ1v) is 14.6. The second-order valence-electron chi connectivity index (χ2n) is 8.98. The summed E-state index contributed by atoms with van der Waals surface area (Å²) in [4.78, 5) is 28.2. The standard InChI is InChI=1S/C29H34ClN3O6S/c1-5-17-31-29(35)21(2)32(19-22-11-14-24(38-3)15-12-22)28(34)20-33(23-13-16-27(39-4)26(30)18-23)40(36,37)25-9-7-6-8-10-25/h6-16,18,21H,5,17,19-20H2,1-4H3,(H,31,35)/t21-/m1/s1. The van der Waals surface area contributed by atoms with E-state index in [1.165, 1.54) is 42.3 Å². The van der Waals surface area contributed by atoms with Crippen molar-refractivity contribution in [3.8, 4) is 11.5 Å². The van der Waals surface area contributed by atoms with Gasteiger partial charge in [0.15, 0.2) is 0 Å². The van der Waals surface area contributed by atoms with Crippen molar-refractivity contribution in [1.29, 1.82) is 0 Å². The molecule has 11 heteroatoms. The summed E-state index contributed by atoms with van der Waals surface area (Å²) >= 11 is 6.34. The Morgan fingerprint density at radius 1 is 0.975 bits per heavy atom. The van der Waals surface area contributed by atoms with Gasteiger partial charge in [-0.1, -0.05) is 48.9 Å². The highest BCUT2D eigenvalue weighted by molar-refractivity contribution is 7.92. The Bertz CT molecular complexity index is 1400. The number of hydrogen-bond acceptors (Lipinski definition) is 6. The number of carbonyl (C=O) groups excluding carboxylic acids is 2. The number of ether oxygens (including phenoxy) is 2. The molecule has 0 saturated carbocycles. The van der Waals surface area contributed by atoms with Crippen molar-refractivity contribution >= 4 is 39.1 Å². The number of anilines is 1. The van der Waals surface area contributed by atoms with Gasteiger partial charge in [-0.25, -0.2) is 8.42 Å². The van der Waals surface area contributed by atoms with Crippen LogP contribution in [0.5, 0.6) is 11.5 Å². The second kappa shape index (κ2) is 14.0. The maximum Gasteiger partial charge on any atom is 0.264 e. The van der Waals surface area contributed by atoms with Crippen LogP contribution in [0.1, 0.15) is 25.8 Å². The van der Waals surface area contributed by atoms with Gasteiger partial charge in [-0.05, 0) is 61.4 Å². The van der Waals surface area contributed by atoms with Crippen LogP contribution in [0.3, 0.4) is 0 Å². The van der Waals surface area contributed by atoms with Crippen LogP contribution >= 0.6 is 11.6 Å². The molecule has 0 fully saturated rings. The molecule has 40 heavy (non-hydrogen) atoms. The molecule has 0 aromatic heterocycles. The third-order valence-corrected chi connectivity index (χ3v) is 8.35. The van der Waals surface area contributed by atoms with Gasteiger partial charge in [0.25, 0.3) is 10.0 Å². The Morgan fingerprint density at radius 2 is 1.65 bits per heavy atom. The third kappa shape index (κ3) is 7.45. The first-order valence-electron chi connectivity index (χ1n) is 12.7. The van der Waals surface area contributed by atoms with E-state index in [1.54, 1.807) is 56.5 Å². The Morgan fingerprint density at radius 3 is 2.23 bits per heavy atom. The first kappa shape index (κ1) is 30.8. The molecule has 0 saturated heterocycles. The highest BCUT2D eigenvalue weighted by Crippen LogP contribution is 2.32. The van der Waals surface area contributed by atoms with Crippen molar-refractivity contribution in [2.75, 3.05) is 31.6 Å². The van der Waals surface area contributed by atoms with E-state index < -0.39 is 28.5 Å². The van der Waals surface area contributed by atoms with Crippen molar-refractivity contribution in [2.24, 2.45) is 0 Å². The molecule has 0 heterocycles. The van der Waals surface area contributed by atoms with Gasteiger partial charge < -0.3 is 19.7 Å². The van der Waals surface area contributed by atoms with Gasteiger partial charge in [0.1, 0.15) is 24.1 Å². The molecule has 0 radical (unpaired) electrons. The van der Waals surface area contributed by atoms with Crippen molar-refractivity contribution < 1.29 is 27.5 Å². The van der Waals surface area contributed by atoms with Gasteiger partial charge in [0, 0.05) is 13.1 Å². The van der Waals surface area contributed by atoms with Crippen LogP contribution in [-0.2, 0) is 26.2 Å². The summed E-state index contributed by atoms with van der Waals surface area (Å²) in [5.74, 6) is 0.0955. The molecule has 3 rings (SSSR count). The predicted octanol–water partition coefficient (Wildman–Crippen LogP) is 4.50. The Labute approximate surface area is 240 Å². The van der Waals surface area contributed by atoms with Crippen LogP contribution in [0.2, 0.25) is 5.02 Å². The number of sulfonamides is 1. The molecule has 3 aromatic rings. The van der Waals surface area contributed by atoms with E-state index in [0.717, 1.165) is 16.3 Å². The zero-order valence-corrected chi connectivity index (χ0v) is 24.5. The van der Waals surface area contributed by atoms with Gasteiger partial charge in [0.2, 0.25) is 11.8 Å². The first-order chi connectivity index (χ1) is 19.1. The van der Waals surface area contributed by atoms with Gasteiger partial charge in [-0.3, -0.25) is 13.9 Å². The number of hydrogen-bond donors (Lipinski definition) is 1. The average molecular weight is 588 g/mol. The molecule has 9 nitrogen and oxygen atoms in total. The molecule has 0 aliphatic rings. The number of nitrogens with zero attached hydrogens (tertiary/aromatic N) is 2. The van der Waals surface area contributed by atoms with Gasteiger partial charge >= 0.3 is 0 Å². The minimum absolute atomic E-state index is 0.00480. The van der Waals surface area contributed by atoms with Gasteiger partial charge in [0.05, 0.1) is 29.8 Å². The van der Waals surface area contributed by atoms with E-state index in [9.17, 15) is 18.0 Å². The maximum absolute atomic E-state index is 13.9. The number of benzene rings is 3. The highest BCUT2D eigenvalue weighted by atomic mass is 35.5. The molecule has 1 atom stereocenters. The van der Waals surface area contributed by atoms with Crippen molar-refractivity contribution in [2.45, 2.75) is 37.8 Å². The fourth-order valence-electron chi connectivity index (χ4n) is 3.97. The largest absolute Gasteiger partial charge is 0.497 e. The van der Waals surface area contributed by atoms with E-state index >= 15 is 0 Å². The van der Waals surface area contributed by atoms with E-state index in [2.05, 4.69) is 5.32 Å². The number of halogens is 1. The highest BCUT2D eigenvalue weighted by Gasteiger charge is 2.32. The van der Waals surface area contributed by atoms with E-state index in [4.69, 9.17) is 21.1 Å². The fourth-order valence-corrected chi connectivity index (χ4v) is 5.64. The number of amides is 2. The molecule has 3 aromatic carbocycles. The van der Waals surface area contributed by atoms with Crippen molar-refractivity contribution in [1.82, 2.24) is 10.2 Å². The Balaban J connectivity index is 2.03. The lowest BCUT2D eigenvalue weighted by atomic mass is 10.1. The zero-order valence-electron chi connectivity index (χ0n) is 23.0. The number of rotatable bonds is 13. The molecule has 0 aliphatic heterocycles. The van der Waals surface area contributed by atoms with E-state index in [0.29, 0.717) is 18.0 Å². The maximum atomic E-state index is 13.9. The summed E-state index contributed by atoms with van der Waals surface area (Å²) < 4.78 is 39.1. The minimum Gasteiger partial charge on any atom is -0.497 e. The molecule has 0 bridgehead atoms. The van der Waals surface area contributed by atoms with Gasteiger partial charge in [-0.15, -0.1) is 0 Å². The Hall–Kier alpha value is -3.76. The number of carbonyl (C=O) groups is 2. The van der Waals surface area contributed by atoms with Crippen molar-refractivity contribution in [3.05, 3.63) is 83.4 Å². The Kier molecular flexibility index (Phi) is 10.8. The molecule has 0 unspecified atom stereocenters. The number of nitrogens with one attached hydrogen (secondary N) is 1. The smallest absolute Gasteiger partial charge is 0.264 e. The molecule has 0 aliphatic carbocycles. The molecule has 1 N–H and O–H groups in total. The van der Waals surface area contributed by atoms with Gasteiger partial charge in [-0.2, -0.15) is 0 Å². The van der Waals surface area contributed by atoms with Crippen LogP contribution in [0, 0.1) is 0 Å². The number of methoxy groups -OCH3 is 2. The summed E-state index contributed by atoms with van der Waals surface area (Å²) in [6.45, 7) is 3.50. The molecule has 2 amide bonds. The normalized spacial score (nSPS) is 11.8. The zero-order chi connectivity index (χ0) is 29.3. The van der Waals surface area contributed by atoms with Crippen LogP contribution in [0.4, 0.5) is 5.69 Å². The topological polar surface area (TPSA) is 105 Å². The van der Waals surface area contributed by atoms with E-state index in [-0.39, 0.29) is 28.1 Å². The average Bonchev–Trinajstić information content (AvgIpc) is 2.97. The van der Waals surface area contributed by atoms with Crippen LogP contribution in [0.15, 0.2) is 77.7 Å². The molecule has 0 spiro atoms. The van der Waals surface area contributed by atoms with E-state index in [1.807, 2.05) is 6.92 Å².